The molecule has 4 rings (SSSR count). The van der Waals surface area contributed by atoms with E-state index in [9.17, 15) is 0 Å². The minimum atomic E-state index is 0.985. The van der Waals surface area contributed by atoms with E-state index in [0.29, 0.717) is 0 Å². The molecular formula is C18H17N3. The van der Waals surface area contributed by atoms with Crippen LogP contribution >= 0.6 is 0 Å². The molecule has 0 atom stereocenters. The van der Waals surface area contributed by atoms with E-state index in [-0.39, 0.29) is 0 Å². The molecule has 21 heavy (non-hydrogen) atoms. The molecule has 1 aliphatic rings. The van der Waals surface area contributed by atoms with E-state index in [1.54, 1.807) is 0 Å². The summed E-state index contributed by atoms with van der Waals surface area (Å²) < 4.78 is 2.04. The highest BCUT2D eigenvalue weighted by molar-refractivity contribution is 5.72. The van der Waals surface area contributed by atoms with Crippen molar-refractivity contribution < 1.29 is 0 Å². The first-order valence-corrected chi connectivity index (χ1v) is 7.31. The summed E-state index contributed by atoms with van der Waals surface area (Å²) in [6.45, 7) is 3.09. The van der Waals surface area contributed by atoms with Crippen molar-refractivity contribution in [2.45, 2.75) is 13.3 Å². The molecule has 0 fully saturated rings. The van der Waals surface area contributed by atoms with Crippen molar-refractivity contribution in [3.63, 3.8) is 0 Å². The van der Waals surface area contributed by atoms with Crippen LogP contribution in [-0.4, -0.2) is 16.3 Å². The Bertz CT molecular complexity index is 787. The molecule has 0 saturated heterocycles. The number of hydrogen-bond donors (Lipinski definition) is 1. The van der Waals surface area contributed by atoms with E-state index in [1.807, 2.05) is 10.7 Å². The number of rotatable bonds is 2. The number of aryl methyl sites for hydroxylation is 1. The lowest BCUT2D eigenvalue weighted by atomic mass is 10.1. The number of hydrogen-bond acceptors (Lipinski definition) is 2. The van der Waals surface area contributed by atoms with Crippen LogP contribution in [0, 0.1) is 6.92 Å². The Morgan fingerprint density at radius 2 is 1.90 bits per heavy atom. The largest absolute Gasteiger partial charge is 0.369 e. The number of nitrogens with one attached hydrogen (secondary N) is 1. The summed E-state index contributed by atoms with van der Waals surface area (Å²) in [6.07, 6.45) is 1.03. The molecule has 2 heterocycles. The number of benzene rings is 2. The van der Waals surface area contributed by atoms with Crippen molar-refractivity contribution in [1.82, 2.24) is 9.78 Å². The maximum Gasteiger partial charge on any atom is 0.133 e. The molecule has 104 valence electrons. The summed E-state index contributed by atoms with van der Waals surface area (Å²) in [7, 11) is 0. The van der Waals surface area contributed by atoms with Gasteiger partial charge in [-0.2, -0.15) is 5.10 Å². The van der Waals surface area contributed by atoms with E-state index in [0.717, 1.165) is 30.2 Å². The van der Waals surface area contributed by atoms with Gasteiger partial charge in [-0.25, -0.2) is 4.68 Å². The monoisotopic (exact) mass is 275 g/mol. The highest BCUT2D eigenvalue weighted by Crippen LogP contribution is 2.34. The summed E-state index contributed by atoms with van der Waals surface area (Å²) >= 11 is 0. The van der Waals surface area contributed by atoms with Crippen molar-refractivity contribution in [2.75, 3.05) is 11.9 Å². The molecule has 3 nitrogen and oxygen atoms in total. The van der Waals surface area contributed by atoms with Crippen LogP contribution in [0.25, 0.3) is 16.9 Å². The average Bonchev–Trinajstić information content (AvgIpc) is 3.10. The fourth-order valence-electron chi connectivity index (χ4n) is 2.95. The van der Waals surface area contributed by atoms with E-state index in [2.05, 4.69) is 60.8 Å². The highest BCUT2D eigenvalue weighted by atomic mass is 15.3. The van der Waals surface area contributed by atoms with Gasteiger partial charge in [0.1, 0.15) is 5.82 Å². The predicted octanol–water partition coefficient (Wildman–Crippen LogP) is 3.82. The average molecular weight is 275 g/mol. The minimum Gasteiger partial charge on any atom is -0.369 e. The Labute approximate surface area is 124 Å². The van der Waals surface area contributed by atoms with Gasteiger partial charge in [0.2, 0.25) is 0 Å². The second kappa shape index (κ2) is 4.77. The Hall–Kier alpha value is -2.55. The molecule has 1 aliphatic heterocycles. The summed E-state index contributed by atoms with van der Waals surface area (Å²) in [6, 6.07) is 18.9. The summed E-state index contributed by atoms with van der Waals surface area (Å²) in [5.74, 6) is 1.14. The number of anilines is 1. The number of nitrogens with zero attached hydrogens (tertiary/aromatic N) is 2. The maximum absolute atomic E-state index is 4.87. The van der Waals surface area contributed by atoms with E-state index in [1.165, 1.54) is 16.7 Å². The van der Waals surface area contributed by atoms with Crippen LogP contribution in [0.3, 0.4) is 0 Å². The smallest absolute Gasteiger partial charge is 0.133 e. The molecule has 1 N–H and O–H groups in total. The summed E-state index contributed by atoms with van der Waals surface area (Å²) in [4.78, 5) is 0. The predicted molar refractivity (Wildman–Crippen MR) is 85.9 cm³/mol. The molecule has 0 unspecified atom stereocenters. The van der Waals surface area contributed by atoms with Gasteiger partial charge in [-0.15, -0.1) is 0 Å². The zero-order valence-corrected chi connectivity index (χ0v) is 12.0. The quantitative estimate of drug-likeness (QED) is 0.770. The van der Waals surface area contributed by atoms with Crippen LogP contribution in [-0.2, 0) is 6.42 Å². The van der Waals surface area contributed by atoms with Crippen molar-refractivity contribution in [2.24, 2.45) is 0 Å². The molecule has 1 aromatic heterocycles. The molecule has 0 saturated carbocycles. The fourth-order valence-corrected chi connectivity index (χ4v) is 2.95. The molecular weight excluding hydrogens is 258 g/mol. The second-order valence-corrected chi connectivity index (χ2v) is 5.47. The van der Waals surface area contributed by atoms with Gasteiger partial charge in [-0.3, -0.25) is 0 Å². The van der Waals surface area contributed by atoms with Gasteiger partial charge in [0, 0.05) is 17.7 Å². The molecule has 0 amide bonds. The summed E-state index contributed by atoms with van der Waals surface area (Å²) in [5, 5.41) is 8.34. The van der Waals surface area contributed by atoms with Gasteiger partial charge >= 0.3 is 0 Å². The van der Waals surface area contributed by atoms with Crippen LogP contribution in [0.15, 0.2) is 54.6 Å². The molecule has 0 radical (unpaired) electrons. The third-order valence-corrected chi connectivity index (χ3v) is 3.94. The number of aromatic nitrogens is 2. The Morgan fingerprint density at radius 3 is 2.71 bits per heavy atom. The lowest BCUT2D eigenvalue weighted by Crippen LogP contribution is -2.04. The Morgan fingerprint density at radius 1 is 1.05 bits per heavy atom. The number of fused-ring (bicyclic) bond motifs is 1. The van der Waals surface area contributed by atoms with Gasteiger partial charge in [-0.05, 0) is 31.0 Å². The zero-order valence-electron chi connectivity index (χ0n) is 12.0. The van der Waals surface area contributed by atoms with Gasteiger partial charge < -0.3 is 5.32 Å². The molecule has 0 bridgehead atoms. The first-order chi connectivity index (χ1) is 10.3. The van der Waals surface area contributed by atoms with E-state index < -0.39 is 0 Å². The molecule has 0 spiro atoms. The Kier molecular flexibility index (Phi) is 2.78. The summed E-state index contributed by atoms with van der Waals surface area (Å²) in [5.41, 5.74) is 5.96. The van der Waals surface area contributed by atoms with E-state index in [4.69, 9.17) is 5.10 Å². The second-order valence-electron chi connectivity index (χ2n) is 5.47. The zero-order chi connectivity index (χ0) is 14.2. The maximum atomic E-state index is 4.87. The van der Waals surface area contributed by atoms with Crippen molar-refractivity contribution in [3.8, 4) is 16.9 Å². The van der Waals surface area contributed by atoms with Crippen molar-refractivity contribution in [1.29, 1.82) is 0 Å². The third kappa shape index (κ3) is 2.02. The SMILES string of the molecule is Cc1cccc(-n2nc(-c3ccccc3)c3c2NCC3)c1. The van der Waals surface area contributed by atoms with Gasteiger partial charge in [0.25, 0.3) is 0 Å². The van der Waals surface area contributed by atoms with Gasteiger partial charge in [0.15, 0.2) is 0 Å². The lowest BCUT2D eigenvalue weighted by molar-refractivity contribution is 0.881. The third-order valence-electron chi connectivity index (χ3n) is 3.94. The van der Waals surface area contributed by atoms with Crippen LogP contribution in [0.2, 0.25) is 0 Å². The standard InChI is InChI=1S/C18H17N3/c1-13-6-5-9-15(12-13)21-18-16(10-11-19-18)17(20-21)14-7-3-2-4-8-14/h2-9,12,19H,10-11H2,1H3. The molecule has 2 aromatic carbocycles. The minimum absolute atomic E-state index is 0.985. The fraction of sp³-hybridized carbons (Fsp3) is 0.167. The normalized spacial score (nSPS) is 13.0. The van der Waals surface area contributed by atoms with Crippen LogP contribution in [0.1, 0.15) is 11.1 Å². The Balaban J connectivity index is 1.91. The molecule has 0 aliphatic carbocycles. The van der Waals surface area contributed by atoms with Crippen LogP contribution in [0.5, 0.6) is 0 Å². The highest BCUT2D eigenvalue weighted by Gasteiger charge is 2.23. The van der Waals surface area contributed by atoms with Crippen molar-refractivity contribution in [3.05, 3.63) is 65.7 Å². The van der Waals surface area contributed by atoms with Gasteiger partial charge in [0.05, 0.1) is 11.4 Å². The molecule has 3 heteroatoms. The first-order valence-electron chi connectivity index (χ1n) is 7.31. The van der Waals surface area contributed by atoms with Crippen LogP contribution in [0.4, 0.5) is 5.82 Å². The first kappa shape index (κ1) is 12.2. The topological polar surface area (TPSA) is 29.9 Å². The van der Waals surface area contributed by atoms with Gasteiger partial charge in [-0.1, -0.05) is 42.5 Å². The molecule has 3 aromatic rings. The van der Waals surface area contributed by atoms with E-state index >= 15 is 0 Å². The van der Waals surface area contributed by atoms with Crippen LogP contribution < -0.4 is 5.32 Å². The van der Waals surface area contributed by atoms with Crippen molar-refractivity contribution >= 4 is 5.82 Å². The lowest BCUT2D eigenvalue weighted by Gasteiger charge is -2.07.